The number of amides is 1. The Balaban J connectivity index is 2.18. The lowest BCUT2D eigenvalue weighted by atomic mass is 9.84. The summed E-state index contributed by atoms with van der Waals surface area (Å²) < 4.78 is 0. The van der Waals surface area contributed by atoms with Crippen molar-refractivity contribution >= 4 is 17.5 Å². The summed E-state index contributed by atoms with van der Waals surface area (Å²) in [5.41, 5.74) is 0. The first-order valence-corrected chi connectivity index (χ1v) is 6.15. The molecule has 0 aliphatic heterocycles. The third-order valence-electron chi connectivity index (χ3n) is 3.11. The van der Waals surface area contributed by atoms with Gasteiger partial charge >= 0.3 is 0 Å². The van der Waals surface area contributed by atoms with Crippen LogP contribution in [0.25, 0.3) is 0 Å². The second-order valence-corrected chi connectivity index (χ2v) is 4.51. The monoisotopic (exact) mass is 217 g/mol. The second-order valence-electron chi connectivity index (χ2n) is 4.13. The van der Waals surface area contributed by atoms with Gasteiger partial charge in [0.1, 0.15) is 0 Å². The largest absolute Gasteiger partial charge is 0.353 e. The molecule has 1 N–H and O–H groups in total. The average molecular weight is 218 g/mol. The standard InChI is InChI=1S/C11H20ClNO/c1-2-9-3-5-10(6-4-9)13-11(14)7-8-12/h9-10H,2-8H2,1H3,(H,13,14). The van der Waals surface area contributed by atoms with E-state index >= 15 is 0 Å². The number of hydrogen-bond acceptors (Lipinski definition) is 1. The molecule has 2 nitrogen and oxygen atoms in total. The summed E-state index contributed by atoms with van der Waals surface area (Å²) in [6, 6.07) is 0.411. The van der Waals surface area contributed by atoms with Crippen LogP contribution >= 0.6 is 11.6 Å². The van der Waals surface area contributed by atoms with Crippen LogP contribution < -0.4 is 5.32 Å². The lowest BCUT2D eigenvalue weighted by molar-refractivity contribution is -0.121. The van der Waals surface area contributed by atoms with Gasteiger partial charge in [-0.05, 0) is 31.6 Å². The van der Waals surface area contributed by atoms with Gasteiger partial charge in [-0.2, -0.15) is 0 Å². The Morgan fingerprint density at radius 1 is 1.36 bits per heavy atom. The molecular formula is C11H20ClNO. The van der Waals surface area contributed by atoms with Gasteiger partial charge in [-0.3, -0.25) is 4.79 Å². The number of alkyl halides is 1. The predicted octanol–water partition coefficient (Wildman–Crippen LogP) is 2.70. The van der Waals surface area contributed by atoms with E-state index in [0.717, 1.165) is 18.8 Å². The number of rotatable bonds is 4. The van der Waals surface area contributed by atoms with Gasteiger partial charge in [0, 0.05) is 18.3 Å². The molecule has 0 atom stereocenters. The highest BCUT2D eigenvalue weighted by atomic mass is 35.5. The van der Waals surface area contributed by atoms with Crippen LogP contribution in [0.1, 0.15) is 45.4 Å². The topological polar surface area (TPSA) is 29.1 Å². The first kappa shape index (κ1) is 11.8. The smallest absolute Gasteiger partial charge is 0.221 e. The Bertz CT molecular complexity index is 176. The molecule has 1 aliphatic rings. The molecule has 0 aromatic carbocycles. The van der Waals surface area contributed by atoms with E-state index in [0.29, 0.717) is 18.3 Å². The normalized spacial score (nSPS) is 27.3. The van der Waals surface area contributed by atoms with Crippen LogP contribution in [0.5, 0.6) is 0 Å². The summed E-state index contributed by atoms with van der Waals surface area (Å²) in [5.74, 6) is 1.42. The molecule has 1 amide bonds. The molecular weight excluding hydrogens is 198 g/mol. The highest BCUT2D eigenvalue weighted by molar-refractivity contribution is 6.18. The molecule has 0 unspecified atom stereocenters. The van der Waals surface area contributed by atoms with Gasteiger partial charge in [-0.1, -0.05) is 13.3 Å². The van der Waals surface area contributed by atoms with Crippen LogP contribution in [0.4, 0.5) is 0 Å². The first-order chi connectivity index (χ1) is 6.76. The van der Waals surface area contributed by atoms with Crippen LogP contribution in [0.3, 0.4) is 0 Å². The van der Waals surface area contributed by atoms with Crippen molar-refractivity contribution in [2.24, 2.45) is 5.92 Å². The van der Waals surface area contributed by atoms with E-state index in [1.54, 1.807) is 0 Å². The maximum absolute atomic E-state index is 11.3. The average Bonchev–Trinajstić information content (AvgIpc) is 2.19. The van der Waals surface area contributed by atoms with Gasteiger partial charge in [0.2, 0.25) is 5.91 Å². The molecule has 0 spiro atoms. The third-order valence-corrected chi connectivity index (χ3v) is 3.30. The molecule has 1 saturated carbocycles. The molecule has 0 heterocycles. The van der Waals surface area contributed by atoms with Crippen LogP contribution in [-0.4, -0.2) is 17.8 Å². The van der Waals surface area contributed by atoms with E-state index in [9.17, 15) is 4.79 Å². The van der Waals surface area contributed by atoms with Crippen LogP contribution in [0.15, 0.2) is 0 Å². The first-order valence-electron chi connectivity index (χ1n) is 5.61. The third kappa shape index (κ3) is 3.87. The van der Waals surface area contributed by atoms with Crippen molar-refractivity contribution in [3.63, 3.8) is 0 Å². The quantitative estimate of drug-likeness (QED) is 0.721. The maximum Gasteiger partial charge on any atom is 0.221 e. The summed E-state index contributed by atoms with van der Waals surface area (Å²) in [6.07, 6.45) is 6.56. The molecule has 82 valence electrons. The second kappa shape index (κ2) is 6.28. The zero-order valence-electron chi connectivity index (χ0n) is 8.89. The van der Waals surface area contributed by atoms with Gasteiger partial charge in [0.25, 0.3) is 0 Å². The van der Waals surface area contributed by atoms with Crippen LogP contribution in [0.2, 0.25) is 0 Å². The Labute approximate surface area is 91.4 Å². The molecule has 0 aromatic heterocycles. The minimum absolute atomic E-state index is 0.111. The van der Waals surface area contributed by atoms with Crippen molar-refractivity contribution in [3.05, 3.63) is 0 Å². The minimum atomic E-state index is 0.111. The molecule has 1 aliphatic carbocycles. The van der Waals surface area contributed by atoms with Gasteiger partial charge in [-0.15, -0.1) is 11.6 Å². The Morgan fingerprint density at radius 3 is 2.50 bits per heavy atom. The van der Waals surface area contributed by atoms with Crippen molar-refractivity contribution in [3.8, 4) is 0 Å². The lowest BCUT2D eigenvalue weighted by Crippen LogP contribution is -2.37. The highest BCUT2D eigenvalue weighted by Gasteiger charge is 2.20. The number of hydrogen-bond donors (Lipinski definition) is 1. The van der Waals surface area contributed by atoms with E-state index in [1.165, 1.54) is 19.3 Å². The number of halogens is 1. The lowest BCUT2D eigenvalue weighted by Gasteiger charge is -2.28. The highest BCUT2D eigenvalue weighted by Crippen LogP contribution is 2.26. The molecule has 3 heteroatoms. The Kier molecular flexibility index (Phi) is 5.31. The molecule has 1 fully saturated rings. The number of nitrogens with one attached hydrogen (secondary N) is 1. The van der Waals surface area contributed by atoms with Gasteiger partial charge in [-0.25, -0.2) is 0 Å². The summed E-state index contributed by atoms with van der Waals surface area (Å²) in [6.45, 7) is 2.25. The van der Waals surface area contributed by atoms with Gasteiger partial charge < -0.3 is 5.32 Å². The summed E-state index contributed by atoms with van der Waals surface area (Å²) in [5, 5.41) is 3.04. The van der Waals surface area contributed by atoms with E-state index in [2.05, 4.69) is 12.2 Å². The fraction of sp³-hybridized carbons (Fsp3) is 0.909. The van der Waals surface area contributed by atoms with Crippen molar-refractivity contribution in [2.45, 2.75) is 51.5 Å². The minimum Gasteiger partial charge on any atom is -0.353 e. The Hall–Kier alpha value is -0.240. The van der Waals surface area contributed by atoms with Crippen molar-refractivity contribution in [1.29, 1.82) is 0 Å². The molecule has 1 rings (SSSR count). The van der Waals surface area contributed by atoms with Crippen molar-refractivity contribution in [1.82, 2.24) is 5.32 Å². The summed E-state index contributed by atoms with van der Waals surface area (Å²) in [7, 11) is 0. The van der Waals surface area contributed by atoms with Crippen LogP contribution in [0, 0.1) is 5.92 Å². The van der Waals surface area contributed by atoms with E-state index in [-0.39, 0.29) is 5.91 Å². The zero-order valence-corrected chi connectivity index (χ0v) is 9.65. The van der Waals surface area contributed by atoms with Crippen molar-refractivity contribution in [2.75, 3.05) is 5.88 Å². The fourth-order valence-electron chi connectivity index (χ4n) is 2.10. The summed E-state index contributed by atoms with van der Waals surface area (Å²) >= 11 is 5.50. The van der Waals surface area contributed by atoms with Crippen LogP contribution in [-0.2, 0) is 4.79 Å². The molecule has 14 heavy (non-hydrogen) atoms. The predicted molar refractivity (Wildman–Crippen MR) is 59.5 cm³/mol. The Morgan fingerprint density at radius 2 is 2.00 bits per heavy atom. The maximum atomic E-state index is 11.3. The molecule has 0 bridgehead atoms. The molecule has 0 saturated heterocycles. The number of carbonyl (C=O) groups is 1. The molecule has 0 aromatic rings. The van der Waals surface area contributed by atoms with Gasteiger partial charge in [0.15, 0.2) is 0 Å². The van der Waals surface area contributed by atoms with E-state index in [1.807, 2.05) is 0 Å². The SMILES string of the molecule is CCC1CCC(NC(=O)CCCl)CC1. The van der Waals surface area contributed by atoms with Crippen molar-refractivity contribution < 1.29 is 4.79 Å². The fourth-order valence-corrected chi connectivity index (χ4v) is 2.27. The van der Waals surface area contributed by atoms with Gasteiger partial charge in [0.05, 0.1) is 0 Å². The number of carbonyl (C=O) groups excluding carboxylic acids is 1. The summed E-state index contributed by atoms with van der Waals surface area (Å²) in [4.78, 5) is 11.3. The zero-order chi connectivity index (χ0) is 10.4. The van der Waals surface area contributed by atoms with E-state index < -0.39 is 0 Å². The molecule has 0 radical (unpaired) electrons. The van der Waals surface area contributed by atoms with E-state index in [4.69, 9.17) is 11.6 Å².